The molecule has 0 saturated carbocycles. The van der Waals surface area contributed by atoms with Crippen LogP contribution in [0.15, 0.2) is 24.5 Å². The molecule has 1 aromatic heterocycles. The number of halogens is 4. The molecule has 0 aliphatic rings. The first kappa shape index (κ1) is 15.1. The van der Waals surface area contributed by atoms with Gasteiger partial charge in [0.15, 0.2) is 6.61 Å². The average Bonchev–Trinajstić information content (AvgIpc) is 2.16. The zero-order valence-electron chi connectivity index (χ0n) is 8.72. The van der Waals surface area contributed by atoms with E-state index in [9.17, 15) is 27.4 Å². The van der Waals surface area contributed by atoms with Crippen molar-refractivity contribution in [3.8, 4) is 0 Å². The number of nitro groups is 1. The van der Waals surface area contributed by atoms with Crippen molar-refractivity contribution in [1.82, 2.24) is 0 Å². The maximum Gasteiger partial charge on any atom is 0.673 e. The Morgan fingerprint density at radius 2 is 1.76 bits per heavy atom. The highest BCUT2D eigenvalue weighted by molar-refractivity contribution is 6.50. The summed E-state index contributed by atoms with van der Waals surface area (Å²) in [6, 6.07) is 2.77. The number of aromatic nitrogens is 1. The molecule has 5 nitrogen and oxygen atoms in total. The standard InChI is InChI=1S/C7H9N2O3.BF4/c1-2-12-8-5-3-7(4-6-8)9(10)11;2-1(3,4)5/h3-6H,2H2,1H3;/q+1;-1. The topological polar surface area (TPSA) is 56.2 Å². The lowest BCUT2D eigenvalue weighted by atomic mass is 10.3. The van der Waals surface area contributed by atoms with Crippen LogP contribution in [-0.2, 0) is 0 Å². The molecule has 0 N–H and O–H groups in total. The molecule has 0 amide bonds. The molecule has 0 spiro atoms. The smallest absolute Gasteiger partial charge is 0.418 e. The van der Waals surface area contributed by atoms with E-state index in [0.717, 1.165) is 0 Å². The maximum absolute atomic E-state index is 10.2. The summed E-state index contributed by atoms with van der Waals surface area (Å²) in [4.78, 5) is 14.8. The van der Waals surface area contributed by atoms with Gasteiger partial charge in [-0.25, -0.2) is 0 Å². The molecule has 1 aromatic rings. The van der Waals surface area contributed by atoms with Crippen LogP contribution in [0, 0.1) is 10.1 Å². The van der Waals surface area contributed by atoms with E-state index in [0.29, 0.717) is 6.61 Å². The van der Waals surface area contributed by atoms with Crippen LogP contribution in [0.3, 0.4) is 0 Å². The van der Waals surface area contributed by atoms with Crippen molar-refractivity contribution in [1.29, 1.82) is 0 Å². The molecular weight excluding hydrogens is 247 g/mol. The molecule has 10 heteroatoms. The SMILES string of the molecule is CCO[n+]1ccc([N+](=O)[O-])cc1.F[B-](F)(F)F. The normalized spacial score (nSPS) is 10.2. The van der Waals surface area contributed by atoms with Gasteiger partial charge in [-0.05, 0) is 6.92 Å². The minimum atomic E-state index is -6.00. The van der Waals surface area contributed by atoms with Crippen LogP contribution < -0.4 is 9.57 Å². The molecule has 0 radical (unpaired) electrons. The number of pyridine rings is 1. The predicted molar refractivity (Wildman–Crippen MR) is 50.6 cm³/mol. The fourth-order valence-corrected chi connectivity index (χ4v) is 0.762. The summed E-state index contributed by atoms with van der Waals surface area (Å²) < 4.78 is 40.4. The maximum atomic E-state index is 10.2. The highest BCUT2D eigenvalue weighted by atomic mass is 19.5. The number of nitrogens with zero attached hydrogens (tertiary/aromatic N) is 2. The molecule has 0 fully saturated rings. The van der Waals surface area contributed by atoms with Crippen molar-refractivity contribution in [2.75, 3.05) is 6.61 Å². The molecule has 0 unspecified atom stereocenters. The molecule has 0 saturated heterocycles. The Morgan fingerprint density at radius 3 is 2.06 bits per heavy atom. The molecule has 0 aromatic carbocycles. The lowest BCUT2D eigenvalue weighted by Crippen LogP contribution is -2.41. The van der Waals surface area contributed by atoms with Gasteiger partial charge in [0, 0.05) is 4.73 Å². The van der Waals surface area contributed by atoms with E-state index in [1.165, 1.54) is 29.3 Å². The molecule has 17 heavy (non-hydrogen) atoms. The highest BCUT2D eigenvalue weighted by Crippen LogP contribution is 2.06. The van der Waals surface area contributed by atoms with Gasteiger partial charge in [-0.2, -0.15) is 0 Å². The van der Waals surface area contributed by atoms with Gasteiger partial charge in [0.2, 0.25) is 12.4 Å². The van der Waals surface area contributed by atoms with Crippen LogP contribution in [-0.4, -0.2) is 18.8 Å². The first-order valence-corrected chi connectivity index (χ1v) is 4.40. The van der Waals surface area contributed by atoms with Crippen molar-refractivity contribution >= 4 is 12.9 Å². The highest BCUT2D eigenvalue weighted by Gasteiger charge is 2.20. The molecular formula is C7H9BF4N2O3. The first-order valence-electron chi connectivity index (χ1n) is 4.40. The summed E-state index contributed by atoms with van der Waals surface area (Å²) in [5.41, 5.74) is 0.0611. The van der Waals surface area contributed by atoms with Gasteiger partial charge in [-0.1, -0.05) is 0 Å². The summed E-state index contributed by atoms with van der Waals surface area (Å²) in [5, 5.41) is 10.2. The molecule has 1 rings (SSSR count). The third-order valence-electron chi connectivity index (χ3n) is 1.27. The third-order valence-corrected chi connectivity index (χ3v) is 1.27. The second-order valence-electron chi connectivity index (χ2n) is 2.59. The van der Waals surface area contributed by atoms with Gasteiger partial charge in [-0.15, -0.1) is 0 Å². The van der Waals surface area contributed by atoms with E-state index in [4.69, 9.17) is 4.84 Å². The summed E-state index contributed by atoms with van der Waals surface area (Å²) in [5.74, 6) is 0. The number of rotatable bonds is 3. The van der Waals surface area contributed by atoms with Crippen LogP contribution >= 0.6 is 0 Å². The lowest BCUT2D eigenvalue weighted by Gasteiger charge is -1.94. The summed E-state index contributed by atoms with van der Waals surface area (Å²) >= 11 is 0. The zero-order chi connectivity index (χ0) is 13.5. The Balaban J connectivity index is 0.000000437. The minimum Gasteiger partial charge on any atom is -0.418 e. The molecule has 0 atom stereocenters. The van der Waals surface area contributed by atoms with E-state index < -0.39 is 12.2 Å². The van der Waals surface area contributed by atoms with Crippen molar-refractivity contribution in [3.05, 3.63) is 34.6 Å². The Kier molecular flexibility index (Phi) is 5.93. The van der Waals surface area contributed by atoms with Crippen LogP contribution in [0.5, 0.6) is 0 Å². The molecule has 0 aliphatic heterocycles. The minimum absolute atomic E-state index is 0.0611. The Bertz CT molecular complexity index is 351. The van der Waals surface area contributed by atoms with Gasteiger partial charge in [0.1, 0.15) is 0 Å². The number of hydrogen-bond acceptors (Lipinski definition) is 3. The van der Waals surface area contributed by atoms with E-state index in [1.807, 2.05) is 6.92 Å². The van der Waals surface area contributed by atoms with Gasteiger partial charge in [0.25, 0.3) is 5.69 Å². The van der Waals surface area contributed by atoms with Crippen molar-refractivity contribution < 1.29 is 31.8 Å². The molecule has 1 heterocycles. The van der Waals surface area contributed by atoms with Crippen molar-refractivity contribution in [3.63, 3.8) is 0 Å². The van der Waals surface area contributed by atoms with E-state index in [2.05, 4.69) is 0 Å². The second-order valence-corrected chi connectivity index (χ2v) is 2.59. The van der Waals surface area contributed by atoms with Gasteiger partial charge in [0.05, 0.1) is 17.1 Å². The molecule has 96 valence electrons. The van der Waals surface area contributed by atoms with Crippen LogP contribution in [0.4, 0.5) is 23.0 Å². The van der Waals surface area contributed by atoms with Gasteiger partial charge < -0.3 is 17.3 Å². The lowest BCUT2D eigenvalue weighted by molar-refractivity contribution is -0.891. The van der Waals surface area contributed by atoms with E-state index in [-0.39, 0.29) is 5.69 Å². The van der Waals surface area contributed by atoms with Gasteiger partial charge in [-0.3, -0.25) is 15.0 Å². The monoisotopic (exact) mass is 256 g/mol. The Labute approximate surface area is 93.8 Å². The molecule has 0 aliphatic carbocycles. The van der Waals surface area contributed by atoms with Crippen LogP contribution in [0.1, 0.15) is 6.92 Å². The largest absolute Gasteiger partial charge is 0.673 e. The van der Waals surface area contributed by atoms with E-state index >= 15 is 0 Å². The zero-order valence-corrected chi connectivity index (χ0v) is 8.72. The third kappa shape index (κ3) is 9.09. The summed E-state index contributed by atoms with van der Waals surface area (Å²) in [7, 11) is -6.00. The summed E-state index contributed by atoms with van der Waals surface area (Å²) in [6.45, 7) is 2.37. The fourth-order valence-electron chi connectivity index (χ4n) is 0.762. The Morgan fingerprint density at radius 1 is 1.35 bits per heavy atom. The van der Waals surface area contributed by atoms with E-state index in [1.54, 1.807) is 0 Å². The van der Waals surface area contributed by atoms with Crippen molar-refractivity contribution in [2.24, 2.45) is 0 Å². The first-order chi connectivity index (χ1) is 7.74. The summed E-state index contributed by atoms with van der Waals surface area (Å²) in [6.07, 6.45) is 3.00. The second kappa shape index (κ2) is 6.66. The predicted octanol–water partition coefficient (Wildman–Crippen LogP) is 1.63. The fraction of sp³-hybridized carbons (Fsp3) is 0.286. The Hall–Kier alpha value is -1.87. The average molecular weight is 256 g/mol. The van der Waals surface area contributed by atoms with Crippen LogP contribution in [0.25, 0.3) is 0 Å². The van der Waals surface area contributed by atoms with Gasteiger partial charge >= 0.3 is 7.25 Å². The number of hydrogen-bond donors (Lipinski definition) is 0. The quantitative estimate of drug-likeness (QED) is 0.271. The molecule has 0 bridgehead atoms. The van der Waals surface area contributed by atoms with Crippen molar-refractivity contribution in [2.45, 2.75) is 6.92 Å². The van der Waals surface area contributed by atoms with Crippen LogP contribution in [0.2, 0.25) is 0 Å².